The molecule has 2 aromatic carbocycles. The molecular weight excluding hydrogens is 543 g/mol. The van der Waals surface area contributed by atoms with Crippen LogP contribution in [0, 0.1) is 0 Å². The van der Waals surface area contributed by atoms with Crippen LogP contribution in [0.4, 0.5) is 13.2 Å². The smallest absolute Gasteiger partial charge is 0.416 e. The number of nitrogens with one attached hydrogen (secondary N) is 1. The molecule has 1 aliphatic rings. The van der Waals surface area contributed by atoms with Crippen LogP contribution in [0.3, 0.4) is 0 Å². The Labute approximate surface area is 227 Å². The maximum Gasteiger partial charge on any atom is 0.416 e. The largest absolute Gasteiger partial charge is 0.496 e. The molecule has 38 heavy (non-hydrogen) atoms. The van der Waals surface area contributed by atoms with Crippen molar-refractivity contribution in [3.63, 3.8) is 0 Å². The predicted molar refractivity (Wildman–Crippen MR) is 143 cm³/mol. The standard InChI is InChI=1S/C26H29ClF3N3O4S/c1-37-22-5-3-17(27)13-20(22)23-19-12-16(26(28,29)30)2-4-21(19)31-25(36)24(23)38-15-18(35)14-33-8-6-32(7-9-33)10-11-34/h2-5,12-13,18,34-35H,6-11,14-15H2,1H3,(H,31,36). The van der Waals surface area contributed by atoms with Gasteiger partial charge in [0.25, 0.3) is 5.56 Å². The van der Waals surface area contributed by atoms with E-state index < -0.39 is 23.4 Å². The number of aromatic amines is 1. The molecule has 7 nitrogen and oxygen atoms in total. The Morgan fingerprint density at radius 2 is 1.84 bits per heavy atom. The van der Waals surface area contributed by atoms with Gasteiger partial charge in [0.1, 0.15) is 5.75 Å². The van der Waals surface area contributed by atoms with Gasteiger partial charge in [0.05, 0.1) is 30.3 Å². The first-order valence-electron chi connectivity index (χ1n) is 12.1. The van der Waals surface area contributed by atoms with Crippen LogP contribution in [0.25, 0.3) is 22.0 Å². The summed E-state index contributed by atoms with van der Waals surface area (Å²) in [6.07, 6.45) is -5.36. The van der Waals surface area contributed by atoms with Gasteiger partial charge >= 0.3 is 6.18 Å². The molecule has 0 bridgehead atoms. The third kappa shape index (κ3) is 6.64. The van der Waals surface area contributed by atoms with E-state index in [4.69, 9.17) is 21.4 Å². The zero-order valence-electron chi connectivity index (χ0n) is 20.7. The number of halogens is 4. The van der Waals surface area contributed by atoms with Crippen LogP contribution >= 0.6 is 23.4 Å². The summed E-state index contributed by atoms with van der Waals surface area (Å²) < 4.78 is 46.3. The molecule has 0 aliphatic carbocycles. The van der Waals surface area contributed by atoms with Crippen molar-refractivity contribution in [2.75, 3.05) is 58.7 Å². The highest BCUT2D eigenvalue weighted by Gasteiger charge is 2.31. The molecule has 206 valence electrons. The normalized spacial score (nSPS) is 16.2. The van der Waals surface area contributed by atoms with Crippen molar-refractivity contribution in [2.45, 2.75) is 17.2 Å². The minimum absolute atomic E-state index is 0.101. The summed E-state index contributed by atoms with van der Waals surface area (Å²) >= 11 is 7.33. The zero-order chi connectivity index (χ0) is 27.4. The van der Waals surface area contributed by atoms with Crippen molar-refractivity contribution >= 4 is 34.3 Å². The molecule has 4 rings (SSSR count). The first kappa shape index (κ1) is 28.7. The minimum Gasteiger partial charge on any atom is -0.496 e. The van der Waals surface area contributed by atoms with Gasteiger partial charge in [-0.05, 0) is 36.4 Å². The Balaban J connectivity index is 1.69. The second kappa shape index (κ2) is 12.3. The number of piperazine rings is 1. The molecular formula is C26H29ClF3N3O4S. The number of H-pyrrole nitrogens is 1. The van der Waals surface area contributed by atoms with Crippen LogP contribution < -0.4 is 10.3 Å². The SMILES string of the molecule is COc1ccc(Cl)cc1-c1c(SCC(O)CN2CCN(CCO)CC2)c(=O)[nH]c2ccc(C(F)(F)F)cc12. The van der Waals surface area contributed by atoms with Crippen molar-refractivity contribution in [3.8, 4) is 16.9 Å². The highest BCUT2D eigenvalue weighted by atomic mass is 35.5. The quantitative estimate of drug-likeness (QED) is 0.335. The minimum atomic E-state index is -4.58. The number of hydrogen-bond donors (Lipinski definition) is 3. The summed E-state index contributed by atoms with van der Waals surface area (Å²) in [6.45, 7) is 4.15. The fraction of sp³-hybridized carbons (Fsp3) is 0.423. The van der Waals surface area contributed by atoms with Crippen LogP contribution in [-0.4, -0.2) is 89.8 Å². The van der Waals surface area contributed by atoms with Crippen molar-refractivity contribution in [1.29, 1.82) is 0 Å². The van der Waals surface area contributed by atoms with E-state index in [1.807, 2.05) is 0 Å². The van der Waals surface area contributed by atoms with Gasteiger partial charge in [0, 0.05) is 72.1 Å². The zero-order valence-corrected chi connectivity index (χ0v) is 22.3. The van der Waals surface area contributed by atoms with Crippen molar-refractivity contribution in [2.24, 2.45) is 0 Å². The molecule has 3 N–H and O–H groups in total. The first-order chi connectivity index (χ1) is 18.1. The van der Waals surface area contributed by atoms with E-state index in [0.29, 0.717) is 29.4 Å². The summed E-state index contributed by atoms with van der Waals surface area (Å²) in [4.78, 5) is 20.3. The number of aromatic nitrogens is 1. The molecule has 0 amide bonds. The Kier molecular flexibility index (Phi) is 9.27. The summed E-state index contributed by atoms with van der Waals surface area (Å²) in [7, 11) is 1.43. The summed E-state index contributed by atoms with van der Waals surface area (Å²) in [6, 6.07) is 7.91. The highest BCUT2D eigenvalue weighted by molar-refractivity contribution is 7.99. The van der Waals surface area contributed by atoms with E-state index in [2.05, 4.69) is 14.8 Å². The van der Waals surface area contributed by atoms with E-state index in [9.17, 15) is 23.1 Å². The van der Waals surface area contributed by atoms with Crippen LogP contribution in [-0.2, 0) is 6.18 Å². The number of rotatable bonds is 9. The molecule has 0 spiro atoms. The number of fused-ring (bicyclic) bond motifs is 1. The third-order valence-electron chi connectivity index (χ3n) is 6.50. The Bertz CT molecular complexity index is 1330. The monoisotopic (exact) mass is 571 g/mol. The van der Waals surface area contributed by atoms with Gasteiger partial charge in [-0.2, -0.15) is 13.2 Å². The maximum absolute atomic E-state index is 13.6. The summed E-state index contributed by atoms with van der Waals surface area (Å²) in [5, 5.41) is 20.4. The Morgan fingerprint density at radius 3 is 2.50 bits per heavy atom. The second-order valence-corrected chi connectivity index (χ2v) is 10.6. The molecule has 1 fully saturated rings. The lowest BCUT2D eigenvalue weighted by molar-refractivity contribution is -0.137. The lowest BCUT2D eigenvalue weighted by Gasteiger charge is -2.35. The molecule has 1 aromatic heterocycles. The van der Waals surface area contributed by atoms with Gasteiger partial charge in [-0.1, -0.05) is 11.6 Å². The van der Waals surface area contributed by atoms with E-state index >= 15 is 0 Å². The van der Waals surface area contributed by atoms with Crippen LogP contribution in [0.1, 0.15) is 5.56 Å². The molecule has 0 radical (unpaired) electrons. The molecule has 1 saturated heterocycles. The van der Waals surface area contributed by atoms with Gasteiger partial charge < -0.3 is 19.9 Å². The van der Waals surface area contributed by atoms with Gasteiger partial charge in [-0.25, -0.2) is 0 Å². The average molecular weight is 572 g/mol. The summed E-state index contributed by atoms with van der Waals surface area (Å²) in [5.74, 6) is 0.502. The van der Waals surface area contributed by atoms with Gasteiger partial charge in [-0.3, -0.25) is 14.6 Å². The number of methoxy groups -OCH3 is 1. The topological polar surface area (TPSA) is 89.0 Å². The number of β-amino-alcohol motifs (C(OH)–C–C–N with tert-alkyl or cyclic N) is 2. The number of aliphatic hydroxyl groups is 2. The molecule has 1 atom stereocenters. The molecule has 1 unspecified atom stereocenters. The van der Waals surface area contributed by atoms with Crippen LogP contribution in [0.5, 0.6) is 5.75 Å². The Morgan fingerprint density at radius 1 is 1.13 bits per heavy atom. The molecule has 3 aromatic rings. The van der Waals surface area contributed by atoms with Crippen molar-refractivity contribution in [1.82, 2.24) is 14.8 Å². The van der Waals surface area contributed by atoms with Crippen LogP contribution in [0.2, 0.25) is 5.02 Å². The van der Waals surface area contributed by atoms with E-state index in [0.717, 1.165) is 50.1 Å². The number of pyridine rings is 1. The van der Waals surface area contributed by atoms with E-state index in [1.165, 1.54) is 13.2 Å². The lowest BCUT2D eigenvalue weighted by Crippen LogP contribution is -2.49. The van der Waals surface area contributed by atoms with Gasteiger partial charge in [0.15, 0.2) is 0 Å². The summed E-state index contributed by atoms with van der Waals surface area (Å²) in [5.41, 5.74) is -0.443. The number of aliphatic hydroxyl groups excluding tert-OH is 2. The fourth-order valence-electron chi connectivity index (χ4n) is 4.60. The molecule has 1 aliphatic heterocycles. The van der Waals surface area contributed by atoms with E-state index in [-0.39, 0.29) is 33.7 Å². The average Bonchev–Trinajstić information content (AvgIpc) is 2.87. The van der Waals surface area contributed by atoms with Gasteiger partial charge in [-0.15, -0.1) is 11.8 Å². The highest BCUT2D eigenvalue weighted by Crippen LogP contribution is 2.42. The molecule has 12 heteroatoms. The van der Waals surface area contributed by atoms with Crippen molar-refractivity contribution < 1.29 is 28.1 Å². The van der Waals surface area contributed by atoms with Gasteiger partial charge in [0.2, 0.25) is 0 Å². The number of alkyl halides is 3. The van der Waals surface area contributed by atoms with Crippen LogP contribution in [0.15, 0.2) is 46.1 Å². The number of nitrogens with zero attached hydrogens (tertiary/aromatic N) is 2. The Hall–Kier alpha value is -2.28. The maximum atomic E-state index is 13.6. The molecule has 0 saturated carbocycles. The first-order valence-corrected chi connectivity index (χ1v) is 13.4. The number of benzene rings is 2. The number of thioether (sulfide) groups is 1. The number of ether oxygens (including phenoxy) is 1. The van der Waals surface area contributed by atoms with E-state index in [1.54, 1.807) is 18.2 Å². The fourth-order valence-corrected chi connectivity index (χ4v) is 5.78. The second-order valence-electron chi connectivity index (χ2n) is 9.09. The number of hydrogen-bond acceptors (Lipinski definition) is 7. The van der Waals surface area contributed by atoms with Crippen molar-refractivity contribution in [3.05, 3.63) is 57.3 Å². The third-order valence-corrected chi connectivity index (χ3v) is 7.96. The predicted octanol–water partition coefficient (Wildman–Crippen LogP) is 3.94. The lowest BCUT2D eigenvalue weighted by atomic mass is 9.98. The molecule has 2 heterocycles.